The van der Waals surface area contributed by atoms with Crippen molar-refractivity contribution in [2.75, 3.05) is 6.26 Å². The van der Waals surface area contributed by atoms with Crippen LogP contribution in [-0.2, 0) is 9.84 Å². The first-order valence-electron chi connectivity index (χ1n) is 5.69. The van der Waals surface area contributed by atoms with Crippen molar-refractivity contribution in [2.24, 2.45) is 0 Å². The molecule has 0 aliphatic heterocycles. The van der Waals surface area contributed by atoms with Crippen LogP contribution in [0.3, 0.4) is 0 Å². The van der Waals surface area contributed by atoms with Crippen LogP contribution in [0, 0.1) is 11.8 Å². The van der Waals surface area contributed by atoms with Crippen LogP contribution in [0.4, 0.5) is 0 Å². The van der Waals surface area contributed by atoms with Gasteiger partial charge in [0.25, 0.3) is 0 Å². The van der Waals surface area contributed by atoms with E-state index in [0.717, 1.165) is 16.7 Å². The van der Waals surface area contributed by atoms with Gasteiger partial charge in [-0.3, -0.25) is 4.98 Å². The zero-order valence-electron chi connectivity index (χ0n) is 10.7. The number of nitrogens with zero attached hydrogens (tertiary/aromatic N) is 1. The fourth-order valence-electron chi connectivity index (χ4n) is 1.72. The minimum Gasteiger partial charge on any atom is -0.263 e. The molecule has 4 heteroatoms. The molecule has 0 aliphatic carbocycles. The molecule has 0 saturated heterocycles. The van der Waals surface area contributed by atoms with Crippen molar-refractivity contribution < 1.29 is 8.42 Å². The summed E-state index contributed by atoms with van der Waals surface area (Å²) < 4.78 is 23.1. The first kappa shape index (κ1) is 13.3. The summed E-state index contributed by atoms with van der Waals surface area (Å²) in [6.07, 6.45) is 4.58. The summed E-state index contributed by atoms with van der Waals surface area (Å²) >= 11 is 0. The highest BCUT2D eigenvalue weighted by Crippen LogP contribution is 2.22. The highest BCUT2D eigenvalue weighted by atomic mass is 32.2. The third-order valence-corrected chi connectivity index (χ3v) is 3.71. The van der Waals surface area contributed by atoms with E-state index in [4.69, 9.17) is 0 Å². The smallest absolute Gasteiger partial charge is 0.175 e. The van der Waals surface area contributed by atoms with Gasteiger partial charge in [0.2, 0.25) is 0 Å². The maximum atomic E-state index is 11.5. The molecule has 0 amide bonds. The molecule has 0 radical (unpaired) electrons. The summed E-state index contributed by atoms with van der Waals surface area (Å²) in [7, 11) is -3.20. The molecular weight excluding hydrogens is 258 g/mol. The summed E-state index contributed by atoms with van der Waals surface area (Å²) in [4.78, 5) is 4.42. The summed E-state index contributed by atoms with van der Waals surface area (Å²) in [5, 5.41) is 0. The Hall–Kier alpha value is -2.12. The second kappa shape index (κ2) is 5.25. The third kappa shape index (κ3) is 3.21. The summed E-state index contributed by atoms with van der Waals surface area (Å²) in [5.41, 5.74) is 2.48. The van der Waals surface area contributed by atoms with Crippen LogP contribution in [-0.4, -0.2) is 19.7 Å². The molecule has 1 aromatic heterocycles. The molecule has 2 aromatic rings. The van der Waals surface area contributed by atoms with Crippen LogP contribution in [0.15, 0.2) is 47.6 Å². The molecule has 1 heterocycles. The maximum absolute atomic E-state index is 11.5. The van der Waals surface area contributed by atoms with Crippen LogP contribution in [0.25, 0.3) is 11.1 Å². The standard InChI is InChI=1S/C15H13NO2S/c1-3-5-12-8-14(11-16-10-12)13-6-4-7-15(9-13)19(2,17)18/h4,6-11H,1-2H3. The molecule has 0 bridgehead atoms. The van der Waals surface area contributed by atoms with Crippen molar-refractivity contribution in [3.05, 3.63) is 48.3 Å². The number of sulfone groups is 1. The van der Waals surface area contributed by atoms with Gasteiger partial charge in [-0.1, -0.05) is 18.1 Å². The monoisotopic (exact) mass is 271 g/mol. The molecule has 1 aromatic carbocycles. The minimum absolute atomic E-state index is 0.303. The van der Waals surface area contributed by atoms with E-state index in [9.17, 15) is 8.42 Å². The Morgan fingerprint density at radius 1 is 1.11 bits per heavy atom. The number of pyridine rings is 1. The van der Waals surface area contributed by atoms with E-state index >= 15 is 0 Å². The lowest BCUT2D eigenvalue weighted by Gasteiger charge is -2.04. The molecule has 0 unspecified atom stereocenters. The van der Waals surface area contributed by atoms with Crippen molar-refractivity contribution in [1.82, 2.24) is 4.98 Å². The second-order valence-electron chi connectivity index (χ2n) is 4.14. The molecule has 0 fully saturated rings. The summed E-state index contributed by atoms with van der Waals surface area (Å²) in [6.45, 7) is 1.76. The Morgan fingerprint density at radius 2 is 1.89 bits per heavy atom. The van der Waals surface area contributed by atoms with Gasteiger partial charge in [0.15, 0.2) is 9.84 Å². The third-order valence-electron chi connectivity index (χ3n) is 2.60. The molecule has 19 heavy (non-hydrogen) atoms. The minimum atomic E-state index is -3.20. The molecule has 0 spiro atoms. The van der Waals surface area contributed by atoms with Gasteiger partial charge in [-0.05, 0) is 30.7 Å². The Balaban J connectivity index is 2.52. The molecular formula is C15H13NO2S. The Kier molecular flexibility index (Phi) is 3.68. The average molecular weight is 271 g/mol. The second-order valence-corrected chi connectivity index (χ2v) is 6.15. The highest BCUT2D eigenvalue weighted by Gasteiger charge is 2.08. The van der Waals surface area contributed by atoms with E-state index in [1.54, 1.807) is 37.5 Å². The highest BCUT2D eigenvalue weighted by molar-refractivity contribution is 7.90. The lowest BCUT2D eigenvalue weighted by Crippen LogP contribution is -1.96. The predicted molar refractivity (Wildman–Crippen MR) is 75.3 cm³/mol. The summed E-state index contributed by atoms with van der Waals surface area (Å²) in [6, 6.07) is 8.71. The van der Waals surface area contributed by atoms with Crippen LogP contribution >= 0.6 is 0 Å². The van der Waals surface area contributed by atoms with Gasteiger partial charge >= 0.3 is 0 Å². The maximum Gasteiger partial charge on any atom is 0.175 e. The van der Waals surface area contributed by atoms with Crippen LogP contribution < -0.4 is 0 Å². The van der Waals surface area contributed by atoms with Crippen LogP contribution in [0.1, 0.15) is 12.5 Å². The Morgan fingerprint density at radius 3 is 2.58 bits per heavy atom. The number of benzene rings is 1. The topological polar surface area (TPSA) is 47.0 Å². The number of hydrogen-bond donors (Lipinski definition) is 0. The largest absolute Gasteiger partial charge is 0.263 e. The molecule has 0 atom stereocenters. The van der Waals surface area contributed by atoms with Gasteiger partial charge in [0.1, 0.15) is 0 Å². The first-order valence-corrected chi connectivity index (χ1v) is 7.58. The predicted octanol–water partition coefficient (Wildman–Crippen LogP) is 2.52. The molecule has 0 aliphatic rings. The van der Waals surface area contributed by atoms with E-state index < -0.39 is 9.84 Å². The first-order chi connectivity index (χ1) is 9.00. The van der Waals surface area contributed by atoms with Crippen LogP contribution in [0.5, 0.6) is 0 Å². The van der Waals surface area contributed by atoms with Gasteiger partial charge in [-0.15, -0.1) is 5.92 Å². The Labute approximate surface area is 113 Å². The van der Waals surface area contributed by atoms with Crippen molar-refractivity contribution >= 4 is 9.84 Å². The lowest BCUT2D eigenvalue weighted by molar-refractivity contribution is 0.602. The Bertz CT molecular complexity index is 768. The molecule has 0 saturated carbocycles. The zero-order chi connectivity index (χ0) is 13.9. The van der Waals surface area contributed by atoms with E-state index in [1.807, 2.05) is 12.1 Å². The van der Waals surface area contributed by atoms with E-state index in [1.165, 1.54) is 6.26 Å². The summed E-state index contributed by atoms with van der Waals surface area (Å²) in [5.74, 6) is 5.74. The zero-order valence-corrected chi connectivity index (χ0v) is 11.5. The SMILES string of the molecule is CC#Cc1cncc(-c2cccc(S(C)(=O)=O)c2)c1. The van der Waals surface area contributed by atoms with E-state index in [2.05, 4.69) is 16.8 Å². The van der Waals surface area contributed by atoms with Crippen molar-refractivity contribution in [2.45, 2.75) is 11.8 Å². The van der Waals surface area contributed by atoms with Crippen molar-refractivity contribution in [3.8, 4) is 23.0 Å². The molecule has 0 N–H and O–H groups in total. The lowest BCUT2D eigenvalue weighted by atomic mass is 10.1. The van der Waals surface area contributed by atoms with Gasteiger partial charge < -0.3 is 0 Å². The van der Waals surface area contributed by atoms with Gasteiger partial charge in [-0.2, -0.15) is 0 Å². The van der Waals surface area contributed by atoms with Crippen molar-refractivity contribution in [1.29, 1.82) is 0 Å². The van der Waals surface area contributed by atoms with Gasteiger partial charge in [0.05, 0.1) is 4.90 Å². The average Bonchev–Trinajstić information content (AvgIpc) is 2.39. The fourth-order valence-corrected chi connectivity index (χ4v) is 2.38. The molecule has 96 valence electrons. The van der Waals surface area contributed by atoms with Gasteiger partial charge in [0, 0.05) is 29.8 Å². The van der Waals surface area contributed by atoms with Crippen molar-refractivity contribution in [3.63, 3.8) is 0 Å². The number of rotatable bonds is 2. The number of hydrogen-bond acceptors (Lipinski definition) is 3. The van der Waals surface area contributed by atoms with Crippen LogP contribution in [0.2, 0.25) is 0 Å². The molecule has 2 rings (SSSR count). The van der Waals surface area contributed by atoms with E-state index in [0.29, 0.717) is 4.90 Å². The normalized spacial score (nSPS) is 10.6. The number of aromatic nitrogens is 1. The quantitative estimate of drug-likeness (QED) is 0.788. The van der Waals surface area contributed by atoms with E-state index in [-0.39, 0.29) is 0 Å². The fraction of sp³-hybridized carbons (Fsp3) is 0.133. The molecule has 3 nitrogen and oxygen atoms in total. The van der Waals surface area contributed by atoms with Gasteiger partial charge in [-0.25, -0.2) is 8.42 Å².